The molecule has 2 N–H and O–H groups in total. The van der Waals surface area contributed by atoms with Gasteiger partial charge in [-0.3, -0.25) is 4.57 Å². The Bertz CT molecular complexity index is 392. The van der Waals surface area contributed by atoms with Gasteiger partial charge < -0.3 is 14.9 Å². The highest BCUT2D eigenvalue weighted by Crippen LogP contribution is 2.26. The fourth-order valence-electron chi connectivity index (χ4n) is 1.64. The molecule has 0 spiro atoms. The maximum Gasteiger partial charge on any atom is 0.349 e. The average molecular weight is 212 g/mol. The Kier molecular flexibility index (Phi) is 2.81. The molecular formula is C9H12N2O4. The predicted octanol–water partition coefficient (Wildman–Crippen LogP) is -1.12. The minimum atomic E-state index is -0.743. The Morgan fingerprint density at radius 3 is 3.07 bits per heavy atom. The lowest BCUT2D eigenvalue weighted by molar-refractivity contribution is -0.0458. The Hall–Kier alpha value is -1.24. The van der Waals surface area contributed by atoms with Crippen LogP contribution in [0.25, 0.3) is 0 Å². The Labute approximate surface area is 85.8 Å². The highest BCUT2D eigenvalue weighted by molar-refractivity contribution is 4.87. The van der Waals surface area contributed by atoms with Crippen LogP contribution in [0.1, 0.15) is 12.6 Å². The van der Waals surface area contributed by atoms with E-state index in [-0.39, 0.29) is 13.0 Å². The van der Waals surface area contributed by atoms with Gasteiger partial charge in [0.25, 0.3) is 0 Å². The molecule has 1 aromatic heterocycles. The van der Waals surface area contributed by atoms with Gasteiger partial charge in [-0.25, -0.2) is 9.78 Å². The zero-order chi connectivity index (χ0) is 10.8. The highest BCUT2D eigenvalue weighted by atomic mass is 16.5. The van der Waals surface area contributed by atoms with Crippen molar-refractivity contribution in [3.63, 3.8) is 0 Å². The number of nitrogens with zero attached hydrogens (tertiary/aromatic N) is 2. The zero-order valence-electron chi connectivity index (χ0n) is 7.98. The minimum Gasteiger partial charge on any atom is -0.394 e. The van der Waals surface area contributed by atoms with E-state index in [1.807, 2.05) is 0 Å². The molecule has 0 bridgehead atoms. The highest BCUT2D eigenvalue weighted by Gasteiger charge is 2.34. The van der Waals surface area contributed by atoms with E-state index in [4.69, 9.17) is 9.84 Å². The fourth-order valence-corrected chi connectivity index (χ4v) is 1.64. The number of aromatic nitrogens is 2. The maximum absolute atomic E-state index is 11.3. The summed E-state index contributed by atoms with van der Waals surface area (Å²) >= 11 is 0. The van der Waals surface area contributed by atoms with Gasteiger partial charge >= 0.3 is 5.69 Å². The van der Waals surface area contributed by atoms with E-state index in [1.54, 1.807) is 12.3 Å². The van der Waals surface area contributed by atoms with Crippen LogP contribution in [-0.4, -0.2) is 38.6 Å². The van der Waals surface area contributed by atoms with Crippen LogP contribution in [0.3, 0.4) is 0 Å². The second-order valence-corrected chi connectivity index (χ2v) is 3.42. The van der Waals surface area contributed by atoms with Gasteiger partial charge in [0.05, 0.1) is 12.7 Å². The van der Waals surface area contributed by atoms with Crippen LogP contribution in [-0.2, 0) is 4.74 Å². The van der Waals surface area contributed by atoms with Crippen molar-refractivity contribution in [3.8, 4) is 0 Å². The van der Waals surface area contributed by atoms with Gasteiger partial charge in [0.2, 0.25) is 0 Å². The van der Waals surface area contributed by atoms with Crippen molar-refractivity contribution in [2.45, 2.75) is 24.9 Å². The van der Waals surface area contributed by atoms with Crippen molar-refractivity contribution in [3.05, 3.63) is 28.9 Å². The van der Waals surface area contributed by atoms with Crippen LogP contribution < -0.4 is 5.69 Å². The molecule has 3 atom stereocenters. The van der Waals surface area contributed by atoms with Crippen LogP contribution in [0.2, 0.25) is 0 Å². The van der Waals surface area contributed by atoms with Crippen LogP contribution in [0.5, 0.6) is 0 Å². The summed E-state index contributed by atoms with van der Waals surface area (Å²) in [6.07, 6.45) is 1.32. The molecular weight excluding hydrogens is 200 g/mol. The lowest BCUT2D eigenvalue weighted by atomic mass is 10.2. The van der Waals surface area contributed by atoms with Gasteiger partial charge in [-0.05, 0) is 6.07 Å². The van der Waals surface area contributed by atoms with E-state index in [0.717, 1.165) is 0 Å². The first-order valence-corrected chi connectivity index (χ1v) is 4.70. The lowest BCUT2D eigenvalue weighted by Crippen LogP contribution is -2.27. The largest absolute Gasteiger partial charge is 0.394 e. The summed E-state index contributed by atoms with van der Waals surface area (Å²) < 4.78 is 6.62. The van der Waals surface area contributed by atoms with Gasteiger partial charge in [-0.1, -0.05) is 0 Å². The second-order valence-electron chi connectivity index (χ2n) is 3.42. The summed E-state index contributed by atoms with van der Waals surface area (Å²) in [6.45, 7) is -0.257. The number of aliphatic hydroxyl groups excluding tert-OH is 2. The van der Waals surface area contributed by atoms with Crippen molar-refractivity contribution in [1.29, 1.82) is 0 Å². The number of hydrogen-bond donors (Lipinski definition) is 2. The first-order chi connectivity index (χ1) is 7.22. The zero-order valence-corrected chi connectivity index (χ0v) is 7.98. The van der Waals surface area contributed by atoms with E-state index in [9.17, 15) is 9.90 Å². The van der Waals surface area contributed by atoms with Gasteiger partial charge in [0, 0.05) is 18.8 Å². The molecule has 1 aliphatic rings. The predicted molar refractivity (Wildman–Crippen MR) is 50.1 cm³/mol. The van der Waals surface area contributed by atoms with Crippen molar-refractivity contribution < 1.29 is 14.9 Å². The van der Waals surface area contributed by atoms with Gasteiger partial charge in [-0.2, -0.15) is 0 Å². The van der Waals surface area contributed by atoms with Crippen molar-refractivity contribution in [1.82, 2.24) is 9.55 Å². The first kappa shape index (κ1) is 10.3. The summed E-state index contributed by atoms with van der Waals surface area (Å²) in [4.78, 5) is 14.9. The summed E-state index contributed by atoms with van der Waals surface area (Å²) in [5, 5.41) is 18.4. The molecule has 0 saturated carbocycles. The van der Waals surface area contributed by atoms with Crippen LogP contribution in [0, 0.1) is 0 Å². The number of aliphatic hydroxyl groups is 2. The minimum absolute atomic E-state index is 0.257. The molecule has 1 saturated heterocycles. The molecule has 6 nitrogen and oxygen atoms in total. The van der Waals surface area contributed by atoms with E-state index in [2.05, 4.69) is 4.98 Å². The molecule has 1 unspecified atom stereocenters. The standard InChI is InChI=1S/C9H12N2O4/c12-5-7-6(13)4-8(15-7)11-3-1-2-10-9(11)14/h1-3,6-8,12-13H,4-5H2/t6?,7-,8-/m1/s1. The molecule has 1 fully saturated rings. The number of hydrogen-bond acceptors (Lipinski definition) is 5. The summed E-state index contributed by atoms with van der Waals surface area (Å²) in [5.74, 6) is 0. The summed E-state index contributed by atoms with van der Waals surface area (Å²) in [5.41, 5.74) is -0.423. The third-order valence-electron chi connectivity index (χ3n) is 2.43. The summed E-state index contributed by atoms with van der Waals surface area (Å²) in [6, 6.07) is 1.61. The lowest BCUT2D eigenvalue weighted by Gasteiger charge is -2.13. The van der Waals surface area contributed by atoms with Gasteiger partial charge in [-0.15, -0.1) is 0 Å². The second kappa shape index (κ2) is 4.09. The van der Waals surface area contributed by atoms with Crippen LogP contribution in [0.4, 0.5) is 0 Å². The molecule has 2 heterocycles. The number of ether oxygens (including phenoxy) is 1. The third-order valence-corrected chi connectivity index (χ3v) is 2.43. The molecule has 0 aliphatic carbocycles. The Balaban J connectivity index is 2.21. The molecule has 0 radical (unpaired) electrons. The van der Waals surface area contributed by atoms with E-state index >= 15 is 0 Å². The Morgan fingerprint density at radius 1 is 1.67 bits per heavy atom. The first-order valence-electron chi connectivity index (χ1n) is 4.70. The maximum atomic E-state index is 11.3. The smallest absolute Gasteiger partial charge is 0.349 e. The van der Waals surface area contributed by atoms with E-state index < -0.39 is 24.1 Å². The summed E-state index contributed by atoms with van der Waals surface area (Å²) in [7, 11) is 0. The molecule has 82 valence electrons. The van der Waals surface area contributed by atoms with Crippen molar-refractivity contribution >= 4 is 0 Å². The van der Waals surface area contributed by atoms with E-state index in [0.29, 0.717) is 0 Å². The molecule has 0 amide bonds. The van der Waals surface area contributed by atoms with Gasteiger partial charge in [0.1, 0.15) is 12.3 Å². The number of rotatable bonds is 2. The quantitative estimate of drug-likeness (QED) is 0.649. The molecule has 1 aliphatic heterocycles. The van der Waals surface area contributed by atoms with E-state index in [1.165, 1.54) is 10.8 Å². The van der Waals surface area contributed by atoms with Crippen molar-refractivity contribution in [2.24, 2.45) is 0 Å². The third kappa shape index (κ3) is 1.92. The molecule has 1 aromatic rings. The normalized spacial score (nSPS) is 30.7. The van der Waals surface area contributed by atoms with Crippen molar-refractivity contribution in [2.75, 3.05) is 6.61 Å². The van der Waals surface area contributed by atoms with Crippen LogP contribution >= 0.6 is 0 Å². The van der Waals surface area contributed by atoms with Crippen LogP contribution in [0.15, 0.2) is 23.3 Å². The molecule has 15 heavy (non-hydrogen) atoms. The monoisotopic (exact) mass is 212 g/mol. The topological polar surface area (TPSA) is 84.6 Å². The SMILES string of the molecule is O=c1ncccn1[C@H]1CC(O)[C@@H](CO)O1. The molecule has 6 heteroatoms. The van der Waals surface area contributed by atoms with Gasteiger partial charge in [0.15, 0.2) is 0 Å². The average Bonchev–Trinajstić information content (AvgIpc) is 2.60. The molecule has 0 aromatic carbocycles. The molecule has 2 rings (SSSR count). The Morgan fingerprint density at radius 2 is 2.47 bits per heavy atom. The fraction of sp³-hybridized carbons (Fsp3) is 0.556.